The summed E-state index contributed by atoms with van der Waals surface area (Å²) in [4.78, 5) is 21.6. The van der Waals surface area contributed by atoms with E-state index in [2.05, 4.69) is 20.4 Å². The van der Waals surface area contributed by atoms with Crippen molar-refractivity contribution in [3.8, 4) is 22.7 Å². The van der Waals surface area contributed by atoms with Crippen LogP contribution in [0.2, 0.25) is 0 Å². The van der Waals surface area contributed by atoms with Gasteiger partial charge in [0.25, 0.3) is 5.91 Å². The van der Waals surface area contributed by atoms with Gasteiger partial charge in [-0.3, -0.25) is 15.1 Å². The maximum atomic E-state index is 13.1. The van der Waals surface area contributed by atoms with Crippen LogP contribution in [-0.4, -0.2) is 21.0 Å². The van der Waals surface area contributed by atoms with E-state index in [0.717, 1.165) is 17.0 Å². The first-order valence-corrected chi connectivity index (χ1v) is 9.31. The van der Waals surface area contributed by atoms with Crippen molar-refractivity contribution in [2.75, 3.05) is 5.32 Å². The number of halogens is 1. The van der Waals surface area contributed by atoms with Crippen molar-refractivity contribution >= 4 is 22.4 Å². The Morgan fingerprint density at radius 3 is 2.61 bits per heavy atom. The van der Waals surface area contributed by atoms with Gasteiger partial charge in [0, 0.05) is 16.6 Å². The van der Waals surface area contributed by atoms with Gasteiger partial charge < -0.3 is 4.52 Å². The van der Waals surface area contributed by atoms with Gasteiger partial charge in [-0.2, -0.15) is 0 Å². The number of anilines is 1. The van der Waals surface area contributed by atoms with E-state index in [1.54, 1.807) is 0 Å². The number of nitrogens with zero attached hydrogens (tertiary/aromatic N) is 3. The number of rotatable bonds is 4. The molecule has 0 bridgehead atoms. The van der Waals surface area contributed by atoms with Crippen LogP contribution in [0.4, 0.5) is 9.52 Å². The Labute approximate surface area is 164 Å². The van der Waals surface area contributed by atoms with E-state index in [4.69, 9.17) is 4.52 Å². The summed E-state index contributed by atoms with van der Waals surface area (Å²) in [5, 5.41) is 8.72. The van der Waals surface area contributed by atoms with E-state index in [1.165, 1.54) is 41.8 Å². The molecule has 0 aliphatic rings. The fourth-order valence-electron chi connectivity index (χ4n) is 2.60. The van der Waals surface area contributed by atoms with Gasteiger partial charge in [0.15, 0.2) is 10.9 Å². The maximum absolute atomic E-state index is 13.1. The van der Waals surface area contributed by atoms with E-state index in [1.807, 2.05) is 31.4 Å². The summed E-state index contributed by atoms with van der Waals surface area (Å²) in [5.41, 5.74) is 4.28. The summed E-state index contributed by atoms with van der Waals surface area (Å²) in [7, 11) is 0. The lowest BCUT2D eigenvalue weighted by molar-refractivity contribution is 0.102. The highest BCUT2D eigenvalue weighted by Gasteiger charge is 2.19. The molecule has 4 rings (SSSR count). The van der Waals surface area contributed by atoms with Crippen LogP contribution >= 0.6 is 11.3 Å². The Morgan fingerprint density at radius 2 is 1.86 bits per heavy atom. The standard InChI is InChI=1S/C20H15FN4O2S/c1-11-3-8-16(23-12(11)2)17-10-28-20(24-17)25-19(26)15-9-22-27-18(15)13-4-6-14(21)7-5-13/h3-10H,1-2H3,(H,24,25,26). The molecule has 3 aromatic heterocycles. The Kier molecular flexibility index (Phi) is 4.70. The number of pyridine rings is 1. The quantitative estimate of drug-likeness (QED) is 0.534. The second-order valence-electron chi connectivity index (χ2n) is 6.17. The molecule has 0 spiro atoms. The third kappa shape index (κ3) is 3.54. The highest BCUT2D eigenvalue weighted by atomic mass is 32.1. The highest BCUT2D eigenvalue weighted by Crippen LogP contribution is 2.27. The van der Waals surface area contributed by atoms with Gasteiger partial charge in [-0.05, 0) is 49.7 Å². The van der Waals surface area contributed by atoms with Gasteiger partial charge in [0.2, 0.25) is 0 Å². The summed E-state index contributed by atoms with van der Waals surface area (Å²) in [6.45, 7) is 3.94. The Morgan fingerprint density at radius 1 is 1.07 bits per heavy atom. The predicted octanol–water partition coefficient (Wildman–Crippen LogP) is 4.87. The van der Waals surface area contributed by atoms with E-state index in [9.17, 15) is 9.18 Å². The molecule has 0 radical (unpaired) electrons. The lowest BCUT2D eigenvalue weighted by atomic mass is 10.1. The minimum Gasteiger partial charge on any atom is -0.355 e. The van der Waals surface area contributed by atoms with E-state index in [-0.39, 0.29) is 17.1 Å². The molecule has 0 atom stereocenters. The SMILES string of the molecule is Cc1ccc(-c2csc(NC(=O)c3cnoc3-c3ccc(F)cc3)n2)nc1C. The molecule has 3 heterocycles. The number of hydrogen-bond acceptors (Lipinski definition) is 6. The maximum Gasteiger partial charge on any atom is 0.263 e. The second-order valence-corrected chi connectivity index (χ2v) is 7.02. The van der Waals surface area contributed by atoms with Crippen LogP contribution in [0.25, 0.3) is 22.7 Å². The molecule has 0 saturated heterocycles. The van der Waals surface area contributed by atoms with Gasteiger partial charge in [0.05, 0.1) is 11.9 Å². The van der Waals surface area contributed by atoms with Gasteiger partial charge in [-0.25, -0.2) is 9.37 Å². The number of nitrogens with one attached hydrogen (secondary N) is 1. The van der Waals surface area contributed by atoms with Crippen molar-refractivity contribution in [3.05, 3.63) is 70.6 Å². The molecule has 0 aliphatic carbocycles. The molecule has 4 aromatic rings. The number of carbonyl (C=O) groups is 1. The smallest absolute Gasteiger partial charge is 0.263 e. The zero-order valence-electron chi connectivity index (χ0n) is 15.1. The number of amides is 1. The molecule has 1 aromatic carbocycles. The van der Waals surface area contributed by atoms with Crippen molar-refractivity contribution in [2.24, 2.45) is 0 Å². The summed E-state index contributed by atoms with van der Waals surface area (Å²) < 4.78 is 18.3. The summed E-state index contributed by atoms with van der Waals surface area (Å²) in [6, 6.07) is 9.53. The number of hydrogen-bond donors (Lipinski definition) is 1. The second kappa shape index (κ2) is 7.32. The molecular formula is C20H15FN4O2S. The van der Waals surface area contributed by atoms with Crippen LogP contribution in [0.3, 0.4) is 0 Å². The van der Waals surface area contributed by atoms with Crippen molar-refractivity contribution in [3.63, 3.8) is 0 Å². The van der Waals surface area contributed by atoms with Gasteiger partial charge in [-0.1, -0.05) is 11.2 Å². The zero-order valence-corrected chi connectivity index (χ0v) is 15.9. The summed E-state index contributed by atoms with van der Waals surface area (Å²) in [6.07, 6.45) is 1.33. The first-order valence-electron chi connectivity index (χ1n) is 8.43. The molecule has 0 aliphatic heterocycles. The van der Waals surface area contributed by atoms with Crippen LogP contribution in [-0.2, 0) is 0 Å². The minimum absolute atomic E-state index is 0.243. The fourth-order valence-corrected chi connectivity index (χ4v) is 3.30. The summed E-state index contributed by atoms with van der Waals surface area (Å²) >= 11 is 1.30. The van der Waals surface area contributed by atoms with Crippen molar-refractivity contribution in [1.82, 2.24) is 15.1 Å². The first-order chi connectivity index (χ1) is 13.5. The minimum atomic E-state index is -0.408. The highest BCUT2D eigenvalue weighted by molar-refractivity contribution is 7.14. The van der Waals surface area contributed by atoms with Crippen LogP contribution in [0, 0.1) is 19.7 Å². The molecule has 140 valence electrons. The third-order valence-corrected chi connectivity index (χ3v) is 5.02. The van der Waals surface area contributed by atoms with Gasteiger partial charge in [-0.15, -0.1) is 11.3 Å². The largest absolute Gasteiger partial charge is 0.355 e. The van der Waals surface area contributed by atoms with E-state index < -0.39 is 5.91 Å². The van der Waals surface area contributed by atoms with Crippen LogP contribution in [0.1, 0.15) is 21.6 Å². The fraction of sp³-hybridized carbons (Fsp3) is 0.100. The van der Waals surface area contributed by atoms with Crippen molar-refractivity contribution < 1.29 is 13.7 Å². The average molecular weight is 394 g/mol. The number of carbonyl (C=O) groups excluding carboxylic acids is 1. The Hall–Kier alpha value is -3.39. The van der Waals surface area contributed by atoms with Gasteiger partial charge >= 0.3 is 0 Å². The molecule has 0 fully saturated rings. The van der Waals surface area contributed by atoms with Crippen LogP contribution in [0.5, 0.6) is 0 Å². The Balaban J connectivity index is 1.55. The molecule has 28 heavy (non-hydrogen) atoms. The molecule has 1 N–H and O–H groups in total. The molecule has 1 amide bonds. The lowest BCUT2D eigenvalue weighted by Crippen LogP contribution is -2.11. The van der Waals surface area contributed by atoms with Crippen LogP contribution < -0.4 is 5.32 Å². The molecule has 0 unspecified atom stereocenters. The topological polar surface area (TPSA) is 80.9 Å². The van der Waals surface area contributed by atoms with Crippen molar-refractivity contribution in [1.29, 1.82) is 0 Å². The van der Waals surface area contributed by atoms with Crippen molar-refractivity contribution in [2.45, 2.75) is 13.8 Å². The monoisotopic (exact) mass is 394 g/mol. The molecule has 6 nitrogen and oxygen atoms in total. The van der Waals surface area contributed by atoms with E-state index in [0.29, 0.717) is 16.4 Å². The zero-order chi connectivity index (χ0) is 19.7. The normalized spacial score (nSPS) is 10.8. The third-order valence-electron chi connectivity index (χ3n) is 4.26. The van der Waals surface area contributed by atoms with E-state index >= 15 is 0 Å². The molecule has 0 saturated carbocycles. The first kappa shape index (κ1) is 18.0. The average Bonchev–Trinajstić information content (AvgIpc) is 3.34. The number of benzene rings is 1. The summed E-state index contributed by atoms with van der Waals surface area (Å²) in [5.74, 6) is -0.510. The Bertz CT molecular complexity index is 1150. The number of aryl methyl sites for hydroxylation is 2. The lowest BCUT2D eigenvalue weighted by Gasteiger charge is -2.03. The number of aromatic nitrogens is 3. The predicted molar refractivity (Wildman–Crippen MR) is 105 cm³/mol. The van der Waals surface area contributed by atoms with Crippen LogP contribution in [0.15, 0.2) is 52.5 Å². The molecule has 8 heteroatoms. The molecular weight excluding hydrogens is 379 g/mol. The van der Waals surface area contributed by atoms with Gasteiger partial charge in [0.1, 0.15) is 17.1 Å². The number of thiazole rings is 1.